The molecule has 4 rings (SSSR count). The molecule has 1 saturated carbocycles. The van der Waals surface area contributed by atoms with Gasteiger partial charge in [-0.2, -0.15) is 0 Å². The van der Waals surface area contributed by atoms with Gasteiger partial charge in [0.1, 0.15) is 11.6 Å². The first-order valence-electron chi connectivity index (χ1n) is 13.4. The van der Waals surface area contributed by atoms with E-state index < -0.39 is 10.0 Å². The minimum Gasteiger partial charge on any atom is -0.383 e. The first-order chi connectivity index (χ1) is 18.2. The highest BCUT2D eigenvalue weighted by atomic mass is 32.2. The SMILES string of the molecule is COCCN(C[C@H]1C[C@@H]1C)c1cc(CNC(=O)C2NCCCC2c2ccccc2)cc(N(C)S(C)(=O)=O)n1. The quantitative estimate of drug-likeness (QED) is 0.424. The normalized spacial score (nSPS) is 23.1. The molecule has 0 radical (unpaired) electrons. The van der Waals surface area contributed by atoms with Crippen LogP contribution in [0.15, 0.2) is 42.5 Å². The summed E-state index contributed by atoms with van der Waals surface area (Å²) in [5, 5.41) is 6.51. The van der Waals surface area contributed by atoms with E-state index in [4.69, 9.17) is 9.72 Å². The second-order valence-electron chi connectivity index (χ2n) is 10.6. The lowest BCUT2D eigenvalue weighted by Crippen LogP contribution is -2.50. The summed E-state index contributed by atoms with van der Waals surface area (Å²) in [6.45, 7) is 5.34. The maximum Gasteiger partial charge on any atom is 0.238 e. The number of ether oxygens (including phenoxy) is 1. The van der Waals surface area contributed by atoms with E-state index in [1.165, 1.54) is 17.8 Å². The monoisotopic (exact) mass is 543 g/mol. The lowest BCUT2D eigenvalue weighted by molar-refractivity contribution is -0.124. The van der Waals surface area contributed by atoms with Crippen LogP contribution in [0.25, 0.3) is 0 Å². The first kappa shape index (κ1) is 28.3. The minimum absolute atomic E-state index is 0.0574. The van der Waals surface area contributed by atoms with Crippen LogP contribution in [0.5, 0.6) is 0 Å². The number of methoxy groups -OCH3 is 1. The standard InChI is InChI=1S/C28H41N5O4S/c1-20-15-23(20)19-33(13-14-37-3)26-17-21(16-25(31-26)32(2)38(4,35)36)18-30-28(34)27-24(11-8-12-29-27)22-9-6-5-7-10-22/h5-7,9-10,16-17,20,23-24,27,29H,8,11-15,18-19H2,1-4H3,(H,30,34)/t20-,23+,24?,27?/m0/s1. The Bertz CT molecular complexity index is 1190. The molecule has 0 bridgehead atoms. The van der Waals surface area contributed by atoms with Crippen LogP contribution in [-0.2, 0) is 26.1 Å². The third-order valence-electron chi connectivity index (χ3n) is 7.73. The molecule has 2 heterocycles. The van der Waals surface area contributed by atoms with Crippen LogP contribution in [0.3, 0.4) is 0 Å². The van der Waals surface area contributed by atoms with Gasteiger partial charge in [-0.3, -0.25) is 9.10 Å². The number of rotatable bonds is 12. The van der Waals surface area contributed by atoms with Gasteiger partial charge in [0.05, 0.1) is 18.9 Å². The van der Waals surface area contributed by atoms with Crippen LogP contribution in [0.1, 0.15) is 43.2 Å². The van der Waals surface area contributed by atoms with Gasteiger partial charge in [-0.25, -0.2) is 13.4 Å². The van der Waals surface area contributed by atoms with Gasteiger partial charge in [-0.05, 0) is 60.9 Å². The lowest BCUT2D eigenvalue weighted by Gasteiger charge is -2.32. The van der Waals surface area contributed by atoms with Gasteiger partial charge in [0.15, 0.2) is 0 Å². The largest absolute Gasteiger partial charge is 0.383 e. The van der Waals surface area contributed by atoms with Crippen molar-refractivity contribution in [2.45, 2.75) is 44.7 Å². The zero-order valence-corrected chi connectivity index (χ0v) is 23.7. The Morgan fingerprint density at radius 1 is 1.21 bits per heavy atom. The number of hydrogen-bond donors (Lipinski definition) is 2. The Balaban J connectivity index is 1.56. The van der Waals surface area contributed by atoms with Crippen molar-refractivity contribution in [2.24, 2.45) is 11.8 Å². The molecule has 4 atom stereocenters. The van der Waals surface area contributed by atoms with Gasteiger partial charge >= 0.3 is 0 Å². The Kier molecular flexibility index (Phi) is 9.27. The summed E-state index contributed by atoms with van der Waals surface area (Å²) in [5.41, 5.74) is 1.96. The van der Waals surface area contributed by atoms with Crippen molar-refractivity contribution in [3.8, 4) is 0 Å². The summed E-state index contributed by atoms with van der Waals surface area (Å²) in [6.07, 6.45) is 4.31. The Morgan fingerprint density at radius 2 is 1.92 bits per heavy atom. The zero-order chi connectivity index (χ0) is 27.3. The van der Waals surface area contributed by atoms with Crippen molar-refractivity contribution in [1.29, 1.82) is 0 Å². The van der Waals surface area contributed by atoms with Crippen LogP contribution < -0.4 is 19.8 Å². The van der Waals surface area contributed by atoms with Crippen molar-refractivity contribution in [3.05, 3.63) is 53.6 Å². The molecule has 1 aromatic heterocycles. The van der Waals surface area contributed by atoms with E-state index in [9.17, 15) is 13.2 Å². The van der Waals surface area contributed by atoms with Gasteiger partial charge in [0, 0.05) is 39.7 Å². The fourth-order valence-corrected chi connectivity index (χ4v) is 5.54. The molecule has 208 valence electrons. The highest BCUT2D eigenvalue weighted by Crippen LogP contribution is 2.39. The Morgan fingerprint density at radius 3 is 2.58 bits per heavy atom. The van der Waals surface area contributed by atoms with Crippen LogP contribution in [0, 0.1) is 11.8 Å². The molecule has 2 N–H and O–H groups in total. The summed E-state index contributed by atoms with van der Waals surface area (Å²) in [5.74, 6) is 2.32. The highest BCUT2D eigenvalue weighted by Gasteiger charge is 2.35. The van der Waals surface area contributed by atoms with Crippen molar-refractivity contribution in [3.63, 3.8) is 0 Å². The van der Waals surface area contributed by atoms with Gasteiger partial charge in [0.2, 0.25) is 15.9 Å². The summed E-state index contributed by atoms with van der Waals surface area (Å²) in [4.78, 5) is 20.2. The van der Waals surface area contributed by atoms with E-state index in [1.807, 2.05) is 24.3 Å². The number of carbonyl (C=O) groups is 1. The predicted octanol–water partition coefficient (Wildman–Crippen LogP) is 2.74. The van der Waals surface area contributed by atoms with Crippen molar-refractivity contribution in [2.75, 3.05) is 55.9 Å². The Labute approximate surface area is 227 Å². The third kappa shape index (κ3) is 7.24. The fourth-order valence-electron chi connectivity index (χ4n) is 5.11. The second kappa shape index (κ2) is 12.4. The molecule has 1 aromatic carbocycles. The number of hydrogen-bond acceptors (Lipinski definition) is 7. The molecule has 1 saturated heterocycles. The number of amides is 1. The number of aromatic nitrogens is 1. The molecular formula is C28H41N5O4S. The predicted molar refractivity (Wildman–Crippen MR) is 151 cm³/mol. The number of nitrogens with zero attached hydrogens (tertiary/aromatic N) is 3. The molecule has 2 aromatic rings. The molecular weight excluding hydrogens is 502 g/mol. The van der Waals surface area contributed by atoms with Crippen LogP contribution in [0.2, 0.25) is 0 Å². The van der Waals surface area contributed by atoms with E-state index in [0.29, 0.717) is 36.6 Å². The highest BCUT2D eigenvalue weighted by molar-refractivity contribution is 7.92. The topological polar surface area (TPSA) is 104 Å². The van der Waals surface area contributed by atoms with E-state index >= 15 is 0 Å². The van der Waals surface area contributed by atoms with Crippen molar-refractivity contribution >= 4 is 27.6 Å². The summed E-state index contributed by atoms with van der Waals surface area (Å²) < 4.78 is 31.2. The average Bonchev–Trinajstić information content (AvgIpc) is 3.63. The third-order valence-corrected chi connectivity index (χ3v) is 8.92. The van der Waals surface area contributed by atoms with Gasteiger partial charge in [-0.1, -0.05) is 37.3 Å². The molecule has 2 fully saturated rings. The summed E-state index contributed by atoms with van der Waals surface area (Å²) in [6, 6.07) is 13.5. The molecule has 2 unspecified atom stereocenters. The molecule has 1 aliphatic carbocycles. The van der Waals surface area contributed by atoms with Crippen LogP contribution in [0.4, 0.5) is 11.6 Å². The molecule has 10 heteroatoms. The first-order valence-corrected chi connectivity index (χ1v) is 15.3. The molecule has 0 spiro atoms. The number of sulfonamides is 1. The maximum atomic E-state index is 13.4. The fraction of sp³-hybridized carbons (Fsp3) is 0.571. The number of carbonyl (C=O) groups excluding carboxylic acids is 1. The number of anilines is 2. The van der Waals surface area contributed by atoms with Gasteiger partial charge in [0.25, 0.3) is 0 Å². The summed E-state index contributed by atoms with van der Waals surface area (Å²) in [7, 11) is -0.336. The van der Waals surface area contributed by atoms with Gasteiger partial charge in [-0.15, -0.1) is 0 Å². The van der Waals surface area contributed by atoms with E-state index in [0.717, 1.165) is 43.3 Å². The second-order valence-corrected chi connectivity index (χ2v) is 12.7. The smallest absolute Gasteiger partial charge is 0.238 e. The van der Waals surface area contributed by atoms with E-state index in [-0.39, 0.29) is 24.4 Å². The van der Waals surface area contributed by atoms with Crippen LogP contribution in [-0.4, -0.2) is 72.0 Å². The molecule has 1 aliphatic heterocycles. The number of benzene rings is 1. The van der Waals surface area contributed by atoms with Crippen LogP contribution >= 0.6 is 0 Å². The van der Waals surface area contributed by atoms with Crippen molar-refractivity contribution in [1.82, 2.24) is 15.6 Å². The minimum atomic E-state index is -3.51. The Hall–Kier alpha value is -2.69. The molecule has 38 heavy (non-hydrogen) atoms. The van der Waals surface area contributed by atoms with E-state index in [1.54, 1.807) is 13.2 Å². The summed E-state index contributed by atoms with van der Waals surface area (Å²) >= 11 is 0. The average molecular weight is 544 g/mol. The molecule has 9 nitrogen and oxygen atoms in total. The lowest BCUT2D eigenvalue weighted by atomic mass is 9.84. The number of nitrogens with one attached hydrogen (secondary N) is 2. The number of piperidine rings is 1. The van der Waals surface area contributed by atoms with E-state index in [2.05, 4.69) is 34.6 Å². The molecule has 2 aliphatic rings. The maximum absolute atomic E-state index is 13.4. The number of pyridine rings is 1. The molecule has 1 amide bonds. The van der Waals surface area contributed by atoms with Gasteiger partial charge < -0.3 is 20.3 Å². The van der Waals surface area contributed by atoms with Crippen molar-refractivity contribution < 1.29 is 17.9 Å². The zero-order valence-electron chi connectivity index (χ0n) is 22.9.